The summed E-state index contributed by atoms with van der Waals surface area (Å²) in [6.45, 7) is 2.16. The highest BCUT2D eigenvalue weighted by atomic mass is 32.2. The second-order valence-corrected chi connectivity index (χ2v) is 8.00. The van der Waals surface area contributed by atoms with Crippen LogP contribution in [-0.2, 0) is 16.3 Å². The van der Waals surface area contributed by atoms with Gasteiger partial charge in [-0.1, -0.05) is 44.0 Å². The second-order valence-electron chi connectivity index (χ2n) is 5.66. The summed E-state index contributed by atoms with van der Waals surface area (Å²) in [6, 6.07) is 8.28. The molecule has 1 fully saturated rings. The number of rotatable bonds is 5. The topological polar surface area (TPSA) is 46.2 Å². The molecule has 0 aliphatic carbocycles. The number of sulfone groups is 1. The molecule has 4 heteroatoms. The van der Waals surface area contributed by atoms with Gasteiger partial charge in [0.2, 0.25) is 0 Å². The highest BCUT2D eigenvalue weighted by Gasteiger charge is 2.35. The first-order valence-corrected chi connectivity index (χ1v) is 9.27. The highest BCUT2D eigenvalue weighted by Crippen LogP contribution is 2.31. The van der Waals surface area contributed by atoms with E-state index in [1.54, 1.807) is 0 Å². The average molecular weight is 295 g/mol. The second kappa shape index (κ2) is 6.72. The molecule has 2 rings (SSSR count). The lowest BCUT2D eigenvalue weighted by Gasteiger charge is -2.30. The van der Waals surface area contributed by atoms with Gasteiger partial charge in [-0.2, -0.15) is 0 Å². The molecule has 1 aliphatic rings. The molecule has 0 saturated carbocycles. The van der Waals surface area contributed by atoms with Crippen molar-refractivity contribution in [3.8, 4) is 0 Å². The predicted octanol–water partition coefficient (Wildman–Crippen LogP) is 2.87. The van der Waals surface area contributed by atoms with E-state index in [4.69, 9.17) is 0 Å². The molecule has 112 valence electrons. The fourth-order valence-corrected chi connectivity index (χ4v) is 5.29. The van der Waals surface area contributed by atoms with Crippen LogP contribution in [0.3, 0.4) is 0 Å². The Morgan fingerprint density at radius 3 is 2.80 bits per heavy atom. The summed E-state index contributed by atoms with van der Waals surface area (Å²) in [5.41, 5.74) is 2.40. The van der Waals surface area contributed by atoms with Crippen molar-refractivity contribution in [2.45, 2.75) is 50.3 Å². The summed E-state index contributed by atoms with van der Waals surface area (Å²) < 4.78 is 24.7. The maximum absolute atomic E-state index is 12.3. The van der Waals surface area contributed by atoms with Crippen molar-refractivity contribution in [2.75, 3.05) is 12.8 Å². The standard InChI is InChI=1S/C16H25NO2S/c1-3-7-13-8-6-9-14(12-13)16(17-2)15-10-4-5-11-20(15,18)19/h6,8-9,12,15-17H,3-5,7,10-11H2,1-2H3. The van der Waals surface area contributed by atoms with E-state index in [1.165, 1.54) is 5.56 Å². The van der Waals surface area contributed by atoms with Crippen LogP contribution in [-0.4, -0.2) is 26.5 Å². The van der Waals surface area contributed by atoms with E-state index < -0.39 is 9.84 Å². The molecule has 2 atom stereocenters. The van der Waals surface area contributed by atoms with Gasteiger partial charge in [0.05, 0.1) is 11.0 Å². The quantitative estimate of drug-likeness (QED) is 0.908. The van der Waals surface area contributed by atoms with E-state index in [9.17, 15) is 8.42 Å². The molecular weight excluding hydrogens is 270 g/mol. The molecule has 1 N–H and O–H groups in total. The van der Waals surface area contributed by atoms with Gasteiger partial charge in [0.1, 0.15) is 0 Å². The molecule has 0 radical (unpaired) electrons. The van der Waals surface area contributed by atoms with Crippen LogP contribution in [0, 0.1) is 0 Å². The molecule has 2 unspecified atom stereocenters. The van der Waals surface area contributed by atoms with Gasteiger partial charge >= 0.3 is 0 Å². The molecule has 0 bridgehead atoms. The van der Waals surface area contributed by atoms with Crippen molar-refractivity contribution >= 4 is 9.84 Å². The summed E-state index contributed by atoms with van der Waals surface area (Å²) >= 11 is 0. The fourth-order valence-electron chi connectivity index (χ4n) is 3.15. The van der Waals surface area contributed by atoms with E-state index >= 15 is 0 Å². The van der Waals surface area contributed by atoms with E-state index in [1.807, 2.05) is 19.2 Å². The van der Waals surface area contributed by atoms with E-state index in [-0.39, 0.29) is 11.3 Å². The summed E-state index contributed by atoms with van der Waals surface area (Å²) in [6.07, 6.45) is 4.74. The third-order valence-electron chi connectivity index (χ3n) is 4.16. The van der Waals surface area contributed by atoms with Gasteiger partial charge in [0.15, 0.2) is 9.84 Å². The first-order valence-electron chi connectivity index (χ1n) is 7.56. The minimum absolute atomic E-state index is 0.0860. The monoisotopic (exact) mass is 295 g/mol. The van der Waals surface area contributed by atoms with Gasteiger partial charge < -0.3 is 5.32 Å². The molecule has 1 heterocycles. The van der Waals surface area contributed by atoms with Crippen LogP contribution in [0.2, 0.25) is 0 Å². The third kappa shape index (κ3) is 3.41. The minimum Gasteiger partial charge on any atom is -0.312 e. The zero-order valence-electron chi connectivity index (χ0n) is 12.4. The number of hydrogen-bond donors (Lipinski definition) is 1. The summed E-state index contributed by atoms with van der Waals surface area (Å²) in [5.74, 6) is 0.338. The Balaban J connectivity index is 2.29. The third-order valence-corrected chi connectivity index (χ3v) is 6.45. The number of hydrogen-bond acceptors (Lipinski definition) is 3. The molecule has 1 aliphatic heterocycles. The Hall–Kier alpha value is -0.870. The number of benzene rings is 1. The fraction of sp³-hybridized carbons (Fsp3) is 0.625. The first-order chi connectivity index (χ1) is 9.58. The van der Waals surface area contributed by atoms with Crippen molar-refractivity contribution in [1.82, 2.24) is 5.32 Å². The lowest BCUT2D eigenvalue weighted by molar-refractivity contribution is 0.469. The van der Waals surface area contributed by atoms with Crippen molar-refractivity contribution in [3.05, 3.63) is 35.4 Å². The minimum atomic E-state index is -2.97. The lowest BCUT2D eigenvalue weighted by Crippen LogP contribution is -2.39. The predicted molar refractivity (Wildman–Crippen MR) is 83.7 cm³/mol. The van der Waals surface area contributed by atoms with E-state index in [0.29, 0.717) is 5.75 Å². The molecule has 1 aromatic carbocycles. The maximum atomic E-state index is 12.3. The highest BCUT2D eigenvalue weighted by molar-refractivity contribution is 7.92. The van der Waals surface area contributed by atoms with Crippen LogP contribution in [0.5, 0.6) is 0 Å². The zero-order chi connectivity index (χ0) is 14.6. The zero-order valence-corrected chi connectivity index (χ0v) is 13.2. The lowest BCUT2D eigenvalue weighted by atomic mass is 9.97. The normalized spacial score (nSPS) is 23.4. The molecule has 0 aromatic heterocycles. The molecule has 20 heavy (non-hydrogen) atoms. The molecule has 3 nitrogen and oxygen atoms in total. The van der Waals surface area contributed by atoms with Crippen molar-refractivity contribution in [3.63, 3.8) is 0 Å². The Labute approximate surface area is 122 Å². The van der Waals surface area contributed by atoms with Gasteiger partial charge in [0.25, 0.3) is 0 Å². The number of nitrogens with one attached hydrogen (secondary N) is 1. The summed E-state index contributed by atoms with van der Waals surface area (Å²) in [4.78, 5) is 0. The van der Waals surface area contributed by atoms with Crippen LogP contribution in [0.1, 0.15) is 49.8 Å². The van der Waals surface area contributed by atoms with Crippen LogP contribution >= 0.6 is 0 Å². The van der Waals surface area contributed by atoms with Gasteiger partial charge in [-0.25, -0.2) is 8.42 Å². The van der Waals surface area contributed by atoms with E-state index in [2.05, 4.69) is 24.4 Å². The Morgan fingerprint density at radius 1 is 1.35 bits per heavy atom. The van der Waals surface area contributed by atoms with Crippen LogP contribution in [0.4, 0.5) is 0 Å². The molecule has 0 spiro atoms. The van der Waals surface area contributed by atoms with Crippen molar-refractivity contribution < 1.29 is 8.42 Å². The molecular formula is C16H25NO2S. The van der Waals surface area contributed by atoms with Crippen molar-refractivity contribution in [1.29, 1.82) is 0 Å². The van der Waals surface area contributed by atoms with Crippen LogP contribution in [0.25, 0.3) is 0 Å². The van der Waals surface area contributed by atoms with Gasteiger partial charge in [0, 0.05) is 6.04 Å². The Morgan fingerprint density at radius 2 is 2.15 bits per heavy atom. The van der Waals surface area contributed by atoms with Gasteiger partial charge in [-0.15, -0.1) is 0 Å². The van der Waals surface area contributed by atoms with Crippen LogP contribution in [0.15, 0.2) is 24.3 Å². The Bertz CT molecular complexity index is 539. The molecule has 1 aromatic rings. The first kappa shape index (κ1) is 15.5. The molecule has 1 saturated heterocycles. The van der Waals surface area contributed by atoms with Gasteiger partial charge in [-0.05, 0) is 37.4 Å². The summed E-state index contributed by atoms with van der Waals surface area (Å²) in [7, 11) is -1.11. The maximum Gasteiger partial charge on any atom is 0.155 e. The molecule has 0 amide bonds. The van der Waals surface area contributed by atoms with E-state index in [0.717, 1.165) is 37.7 Å². The average Bonchev–Trinajstić information content (AvgIpc) is 2.42. The van der Waals surface area contributed by atoms with Gasteiger partial charge in [-0.3, -0.25) is 0 Å². The summed E-state index contributed by atoms with van der Waals surface area (Å²) in [5, 5.41) is 2.95. The van der Waals surface area contributed by atoms with Crippen molar-refractivity contribution in [2.24, 2.45) is 0 Å². The smallest absolute Gasteiger partial charge is 0.155 e. The number of aryl methyl sites for hydroxylation is 1. The SMILES string of the molecule is CCCc1cccc(C(NC)C2CCCCS2(=O)=O)c1. The Kier molecular flexibility index (Phi) is 5.22. The van der Waals surface area contributed by atoms with Crippen LogP contribution < -0.4 is 5.32 Å². The largest absolute Gasteiger partial charge is 0.312 e.